The maximum absolute atomic E-state index is 13.4. The maximum Gasteiger partial charge on any atom is 0.407 e. The SMILES string of the molecule is O=C(N[C@@H]1CCc2cccc3c2N(C1=O)[C@H](C(=O)O)C3)OCC1c2ccccc2-c2ccccc21. The fourth-order valence-corrected chi connectivity index (χ4v) is 5.74. The average molecular weight is 469 g/mol. The molecule has 176 valence electrons. The molecule has 6 rings (SSSR count). The lowest BCUT2D eigenvalue weighted by Crippen LogP contribution is -2.52. The Morgan fingerprint density at radius 3 is 2.29 bits per heavy atom. The molecule has 0 saturated carbocycles. The van der Waals surface area contributed by atoms with Crippen molar-refractivity contribution in [1.29, 1.82) is 0 Å². The molecule has 2 heterocycles. The molecule has 3 aromatic rings. The first-order valence-electron chi connectivity index (χ1n) is 11.8. The lowest BCUT2D eigenvalue weighted by atomic mass is 9.98. The molecule has 2 N–H and O–H groups in total. The molecule has 0 aromatic heterocycles. The summed E-state index contributed by atoms with van der Waals surface area (Å²) in [5, 5.41) is 12.5. The van der Waals surface area contributed by atoms with E-state index in [2.05, 4.69) is 17.4 Å². The summed E-state index contributed by atoms with van der Waals surface area (Å²) >= 11 is 0. The van der Waals surface area contributed by atoms with Gasteiger partial charge in [0, 0.05) is 12.3 Å². The van der Waals surface area contributed by atoms with Crippen LogP contribution in [-0.2, 0) is 27.2 Å². The zero-order valence-electron chi connectivity index (χ0n) is 18.9. The Bertz CT molecular complexity index is 1320. The van der Waals surface area contributed by atoms with Crippen LogP contribution in [0.2, 0.25) is 0 Å². The van der Waals surface area contributed by atoms with Gasteiger partial charge in [-0.2, -0.15) is 0 Å². The Labute approximate surface area is 202 Å². The number of alkyl carbamates (subject to hydrolysis) is 1. The fraction of sp³-hybridized carbons (Fsp3) is 0.250. The summed E-state index contributed by atoms with van der Waals surface area (Å²) in [6.45, 7) is 0.145. The first kappa shape index (κ1) is 21.4. The molecule has 1 aliphatic carbocycles. The Morgan fingerprint density at radius 1 is 0.943 bits per heavy atom. The van der Waals surface area contributed by atoms with Crippen LogP contribution in [0.1, 0.15) is 34.6 Å². The van der Waals surface area contributed by atoms with E-state index >= 15 is 0 Å². The molecule has 0 fully saturated rings. The van der Waals surface area contributed by atoms with E-state index in [4.69, 9.17) is 4.74 Å². The zero-order valence-corrected chi connectivity index (χ0v) is 18.9. The number of hydrogen-bond donors (Lipinski definition) is 2. The van der Waals surface area contributed by atoms with Crippen LogP contribution in [0.25, 0.3) is 11.1 Å². The van der Waals surface area contributed by atoms with Gasteiger partial charge in [0.05, 0.1) is 5.69 Å². The second-order valence-electron chi connectivity index (χ2n) is 9.25. The number of carbonyl (C=O) groups is 3. The third-order valence-corrected chi connectivity index (χ3v) is 7.33. The van der Waals surface area contributed by atoms with E-state index in [-0.39, 0.29) is 18.9 Å². The topological polar surface area (TPSA) is 95.9 Å². The molecule has 0 radical (unpaired) electrons. The fourth-order valence-electron chi connectivity index (χ4n) is 5.74. The van der Waals surface area contributed by atoms with Crippen LogP contribution in [0, 0.1) is 0 Å². The van der Waals surface area contributed by atoms with Gasteiger partial charge in [-0.25, -0.2) is 9.59 Å². The lowest BCUT2D eigenvalue weighted by molar-refractivity contribution is -0.140. The molecule has 0 saturated heterocycles. The molecule has 3 aromatic carbocycles. The summed E-state index contributed by atoms with van der Waals surface area (Å²) in [4.78, 5) is 39.5. The summed E-state index contributed by atoms with van der Waals surface area (Å²) in [5.74, 6) is -1.54. The third-order valence-electron chi connectivity index (χ3n) is 7.33. The van der Waals surface area contributed by atoms with Gasteiger partial charge in [0.2, 0.25) is 0 Å². The second-order valence-corrected chi connectivity index (χ2v) is 9.25. The van der Waals surface area contributed by atoms with Crippen molar-refractivity contribution in [3.8, 4) is 11.1 Å². The molecule has 7 nitrogen and oxygen atoms in total. The summed E-state index contributed by atoms with van der Waals surface area (Å²) in [7, 11) is 0. The number of aryl methyl sites for hydroxylation is 1. The molecule has 0 unspecified atom stereocenters. The molecule has 35 heavy (non-hydrogen) atoms. The summed E-state index contributed by atoms with van der Waals surface area (Å²) in [6, 6.07) is 20.0. The van der Waals surface area contributed by atoms with Crippen LogP contribution in [0.15, 0.2) is 66.7 Å². The number of anilines is 1. The highest BCUT2D eigenvalue weighted by Crippen LogP contribution is 2.44. The average Bonchev–Trinajstić information content (AvgIpc) is 3.37. The van der Waals surface area contributed by atoms with Gasteiger partial charge in [-0.1, -0.05) is 66.7 Å². The number of aliphatic carboxylic acids is 1. The van der Waals surface area contributed by atoms with Crippen molar-refractivity contribution >= 4 is 23.7 Å². The standard InChI is InChI=1S/C28H24N2O5/c31-26-23(13-12-16-6-5-7-17-14-24(27(32)33)30(26)25(16)17)29-28(34)35-15-22-20-10-3-1-8-18(20)19-9-2-4-11-21(19)22/h1-11,22-24H,12-15H2,(H,29,34)(H,32,33)/t23-,24+/m1/s1. The minimum atomic E-state index is -1.05. The van der Waals surface area contributed by atoms with Gasteiger partial charge in [0.1, 0.15) is 18.7 Å². The van der Waals surface area contributed by atoms with Crippen molar-refractivity contribution in [1.82, 2.24) is 5.32 Å². The Kier molecular flexibility index (Phi) is 5.06. The van der Waals surface area contributed by atoms with E-state index in [9.17, 15) is 19.5 Å². The lowest BCUT2D eigenvalue weighted by Gasteiger charge is -2.26. The van der Waals surface area contributed by atoms with Gasteiger partial charge < -0.3 is 15.2 Å². The quantitative estimate of drug-likeness (QED) is 0.606. The number of rotatable bonds is 4. The Morgan fingerprint density at radius 2 is 1.60 bits per heavy atom. The van der Waals surface area contributed by atoms with Crippen molar-refractivity contribution in [3.05, 3.63) is 89.0 Å². The highest BCUT2D eigenvalue weighted by molar-refractivity contribution is 6.06. The number of fused-ring (bicyclic) bond motifs is 3. The number of ether oxygens (including phenoxy) is 1. The molecule has 0 bridgehead atoms. The van der Waals surface area contributed by atoms with Gasteiger partial charge in [0.25, 0.3) is 5.91 Å². The predicted molar refractivity (Wildman–Crippen MR) is 129 cm³/mol. The smallest absolute Gasteiger partial charge is 0.407 e. The number of nitrogens with zero attached hydrogens (tertiary/aromatic N) is 1. The van der Waals surface area contributed by atoms with Crippen LogP contribution >= 0.6 is 0 Å². The van der Waals surface area contributed by atoms with Crippen LogP contribution < -0.4 is 10.2 Å². The first-order chi connectivity index (χ1) is 17.0. The molecule has 2 atom stereocenters. The van der Waals surface area contributed by atoms with Gasteiger partial charge in [-0.3, -0.25) is 9.69 Å². The number of benzene rings is 3. The molecule has 2 amide bonds. The number of carboxylic acid groups (broad SMARTS) is 1. The summed E-state index contributed by atoms with van der Waals surface area (Å²) in [5.41, 5.74) is 6.95. The molecular formula is C28H24N2O5. The van der Waals surface area contributed by atoms with Crippen molar-refractivity contribution in [2.75, 3.05) is 11.5 Å². The largest absolute Gasteiger partial charge is 0.480 e. The van der Waals surface area contributed by atoms with Crippen LogP contribution in [-0.4, -0.2) is 41.8 Å². The number of amides is 2. The van der Waals surface area contributed by atoms with Crippen LogP contribution in [0.4, 0.5) is 10.5 Å². The first-order valence-corrected chi connectivity index (χ1v) is 11.8. The van der Waals surface area contributed by atoms with Crippen LogP contribution in [0.5, 0.6) is 0 Å². The number of carboxylic acids is 1. The van der Waals surface area contributed by atoms with Crippen LogP contribution in [0.3, 0.4) is 0 Å². The van der Waals surface area contributed by atoms with E-state index in [1.807, 2.05) is 54.6 Å². The third kappa shape index (κ3) is 3.46. The number of para-hydroxylation sites is 1. The van der Waals surface area contributed by atoms with E-state index in [0.29, 0.717) is 18.5 Å². The van der Waals surface area contributed by atoms with Gasteiger partial charge in [-0.05, 0) is 46.2 Å². The Hall–Kier alpha value is -4.13. The van der Waals surface area contributed by atoms with Crippen molar-refractivity contribution < 1.29 is 24.2 Å². The van der Waals surface area contributed by atoms with E-state index in [1.54, 1.807) is 0 Å². The highest BCUT2D eigenvalue weighted by atomic mass is 16.5. The van der Waals surface area contributed by atoms with Gasteiger partial charge in [0.15, 0.2) is 0 Å². The monoisotopic (exact) mass is 468 g/mol. The van der Waals surface area contributed by atoms with Gasteiger partial charge >= 0.3 is 12.1 Å². The molecule has 2 aliphatic heterocycles. The van der Waals surface area contributed by atoms with E-state index < -0.39 is 30.1 Å². The van der Waals surface area contributed by atoms with Gasteiger partial charge in [-0.15, -0.1) is 0 Å². The number of hydrogen-bond acceptors (Lipinski definition) is 4. The van der Waals surface area contributed by atoms with Crippen molar-refractivity contribution in [2.45, 2.75) is 37.3 Å². The zero-order chi connectivity index (χ0) is 24.1. The van der Waals surface area contributed by atoms with E-state index in [1.165, 1.54) is 4.90 Å². The Balaban J connectivity index is 1.19. The second kappa shape index (κ2) is 8.27. The number of nitrogens with one attached hydrogen (secondary N) is 1. The molecule has 3 aliphatic rings. The number of carbonyl (C=O) groups excluding carboxylic acids is 2. The van der Waals surface area contributed by atoms with Crippen molar-refractivity contribution in [3.63, 3.8) is 0 Å². The maximum atomic E-state index is 13.4. The highest BCUT2D eigenvalue weighted by Gasteiger charge is 2.44. The molecular weight excluding hydrogens is 444 g/mol. The molecule has 7 heteroatoms. The van der Waals surface area contributed by atoms with E-state index in [0.717, 1.165) is 33.4 Å². The predicted octanol–water partition coefficient (Wildman–Crippen LogP) is 3.88. The normalized spacial score (nSPS) is 20.0. The summed E-state index contributed by atoms with van der Waals surface area (Å²) in [6.07, 6.45) is 0.526. The van der Waals surface area contributed by atoms with Crippen molar-refractivity contribution in [2.24, 2.45) is 0 Å². The minimum absolute atomic E-state index is 0.0835. The minimum Gasteiger partial charge on any atom is -0.480 e. The molecule has 0 spiro atoms. The summed E-state index contributed by atoms with van der Waals surface area (Å²) < 4.78 is 5.63.